The minimum atomic E-state index is -0.206. The van der Waals surface area contributed by atoms with E-state index in [0.717, 1.165) is 16.8 Å². The lowest BCUT2D eigenvalue weighted by Crippen LogP contribution is -2.34. The number of benzene rings is 1. The van der Waals surface area contributed by atoms with Crippen molar-refractivity contribution in [2.24, 2.45) is 23.7 Å². The van der Waals surface area contributed by atoms with E-state index in [1.807, 2.05) is 32.0 Å². The van der Waals surface area contributed by atoms with Crippen molar-refractivity contribution in [3.63, 3.8) is 0 Å². The Hall–Kier alpha value is -2.16. The summed E-state index contributed by atoms with van der Waals surface area (Å²) in [5.41, 5.74) is 5.41. The second-order valence-electron chi connectivity index (χ2n) is 7.17. The lowest BCUT2D eigenvalue weighted by Gasteiger charge is -2.21. The van der Waals surface area contributed by atoms with E-state index in [0.29, 0.717) is 0 Å². The normalized spacial score (nSPS) is 31.3. The number of rotatable bonds is 1. The topological polar surface area (TPSA) is 37.4 Å². The van der Waals surface area contributed by atoms with Crippen LogP contribution in [0.5, 0.6) is 0 Å². The van der Waals surface area contributed by atoms with E-state index in [9.17, 15) is 9.59 Å². The first-order valence-corrected chi connectivity index (χ1v) is 8.23. The van der Waals surface area contributed by atoms with Crippen LogP contribution in [-0.4, -0.2) is 11.8 Å². The highest BCUT2D eigenvalue weighted by molar-refractivity contribution is 6.23. The second kappa shape index (κ2) is 4.67. The number of nitrogens with zero attached hydrogens (tertiary/aromatic N) is 1. The van der Waals surface area contributed by atoms with Crippen molar-refractivity contribution >= 4 is 17.5 Å². The first-order chi connectivity index (χ1) is 10.9. The van der Waals surface area contributed by atoms with Gasteiger partial charge >= 0.3 is 0 Å². The molecule has 2 bridgehead atoms. The van der Waals surface area contributed by atoms with Gasteiger partial charge in [-0.2, -0.15) is 0 Å². The fraction of sp³-hybridized carbons (Fsp3) is 0.400. The highest BCUT2D eigenvalue weighted by Crippen LogP contribution is 2.57. The Bertz CT molecular complexity index is 764. The molecule has 0 spiro atoms. The zero-order valence-corrected chi connectivity index (χ0v) is 14.0. The highest BCUT2D eigenvalue weighted by atomic mass is 16.2. The summed E-state index contributed by atoms with van der Waals surface area (Å²) in [6.07, 6.45) is 4.26. The molecule has 0 unspecified atom stereocenters. The highest BCUT2D eigenvalue weighted by Gasteiger charge is 2.62. The van der Waals surface area contributed by atoms with Crippen LogP contribution in [0.25, 0.3) is 0 Å². The molecule has 1 aromatic carbocycles. The van der Waals surface area contributed by atoms with Crippen molar-refractivity contribution in [2.75, 3.05) is 4.90 Å². The third-order valence-electron chi connectivity index (χ3n) is 5.81. The molecule has 3 aliphatic rings. The Labute approximate surface area is 136 Å². The number of allylic oxidation sites excluding steroid dienone is 4. The summed E-state index contributed by atoms with van der Waals surface area (Å²) in [6.45, 7) is 8.16. The summed E-state index contributed by atoms with van der Waals surface area (Å²) in [7, 11) is 0. The molecule has 2 amide bonds. The quantitative estimate of drug-likeness (QED) is 0.587. The number of imide groups is 1. The van der Waals surface area contributed by atoms with Gasteiger partial charge < -0.3 is 0 Å². The first kappa shape index (κ1) is 14.4. The number of anilines is 1. The van der Waals surface area contributed by atoms with Gasteiger partial charge in [-0.1, -0.05) is 35.4 Å². The van der Waals surface area contributed by atoms with Crippen LogP contribution in [-0.2, 0) is 9.59 Å². The molecule has 1 saturated carbocycles. The molecular weight excluding hydrogens is 286 g/mol. The largest absolute Gasteiger partial charge is 0.274 e. The van der Waals surface area contributed by atoms with Crippen molar-refractivity contribution in [2.45, 2.75) is 27.7 Å². The average molecular weight is 307 g/mol. The van der Waals surface area contributed by atoms with Gasteiger partial charge in [-0.05, 0) is 44.9 Å². The van der Waals surface area contributed by atoms with Crippen molar-refractivity contribution in [1.82, 2.24) is 0 Å². The Morgan fingerprint density at radius 3 is 2.04 bits per heavy atom. The summed E-state index contributed by atoms with van der Waals surface area (Å²) in [5.74, 6) is -0.235. The summed E-state index contributed by atoms with van der Waals surface area (Å²) >= 11 is 0. The molecule has 1 saturated heterocycles. The Kier molecular flexibility index (Phi) is 2.93. The SMILES string of the molecule is CC(C)=C1[C@H]2C=C[C@H]1[C@H]1C(=O)N(c3cccc(C)c3C)C(=O)[C@H]12. The molecule has 0 radical (unpaired) electrons. The molecule has 1 heterocycles. The summed E-state index contributed by atoms with van der Waals surface area (Å²) in [5, 5.41) is 0. The maximum Gasteiger partial charge on any atom is 0.238 e. The maximum absolute atomic E-state index is 13.1. The number of aryl methyl sites for hydroxylation is 1. The van der Waals surface area contributed by atoms with Crippen LogP contribution in [0.3, 0.4) is 0 Å². The summed E-state index contributed by atoms with van der Waals surface area (Å²) < 4.78 is 0. The van der Waals surface area contributed by atoms with Crippen LogP contribution in [0.1, 0.15) is 25.0 Å². The van der Waals surface area contributed by atoms with E-state index < -0.39 is 0 Å². The fourth-order valence-corrected chi connectivity index (χ4v) is 4.65. The van der Waals surface area contributed by atoms with Gasteiger partial charge in [0.2, 0.25) is 11.8 Å². The van der Waals surface area contributed by atoms with E-state index >= 15 is 0 Å². The van der Waals surface area contributed by atoms with Gasteiger partial charge in [0.05, 0.1) is 17.5 Å². The lowest BCUT2D eigenvalue weighted by atomic mass is 9.85. The Morgan fingerprint density at radius 2 is 1.52 bits per heavy atom. The molecule has 1 aliphatic heterocycles. The zero-order chi connectivity index (χ0) is 16.5. The number of carbonyl (C=O) groups is 2. The van der Waals surface area contributed by atoms with Gasteiger partial charge in [-0.25, -0.2) is 4.90 Å². The Balaban J connectivity index is 1.80. The van der Waals surface area contributed by atoms with Crippen molar-refractivity contribution in [3.8, 4) is 0 Å². The molecule has 2 fully saturated rings. The molecule has 4 atom stereocenters. The third kappa shape index (κ3) is 1.71. The van der Waals surface area contributed by atoms with E-state index in [4.69, 9.17) is 0 Å². The van der Waals surface area contributed by atoms with Gasteiger partial charge in [0.15, 0.2) is 0 Å². The second-order valence-corrected chi connectivity index (χ2v) is 7.17. The van der Waals surface area contributed by atoms with Crippen LogP contribution < -0.4 is 4.90 Å². The average Bonchev–Trinajstić information content (AvgIpc) is 3.13. The minimum Gasteiger partial charge on any atom is -0.274 e. The Morgan fingerprint density at radius 1 is 0.957 bits per heavy atom. The number of carbonyl (C=O) groups excluding carboxylic acids is 2. The molecular formula is C20H21NO2. The van der Waals surface area contributed by atoms with Crippen LogP contribution in [0.4, 0.5) is 5.69 Å². The summed E-state index contributed by atoms with van der Waals surface area (Å²) in [4.78, 5) is 27.6. The van der Waals surface area contributed by atoms with Gasteiger partial charge in [0.25, 0.3) is 0 Å². The minimum absolute atomic E-state index is 0.0238. The molecule has 1 aromatic rings. The van der Waals surface area contributed by atoms with Crippen molar-refractivity contribution in [3.05, 3.63) is 52.6 Å². The standard InChI is InChI=1S/C20H21NO2/c1-10(2)16-13-8-9-14(16)18-17(13)19(22)21(20(18)23)15-7-5-6-11(3)12(15)4/h5-9,13-14,17-18H,1-4H3/t13-,14-,17-,18+/m1/s1. The molecule has 2 aliphatic carbocycles. The molecule has 0 N–H and O–H groups in total. The van der Waals surface area contributed by atoms with E-state index in [1.165, 1.54) is 16.0 Å². The van der Waals surface area contributed by atoms with Crippen molar-refractivity contribution in [1.29, 1.82) is 0 Å². The molecule has 23 heavy (non-hydrogen) atoms. The van der Waals surface area contributed by atoms with Gasteiger partial charge in [0, 0.05) is 11.8 Å². The predicted molar refractivity (Wildman–Crippen MR) is 89.9 cm³/mol. The van der Waals surface area contributed by atoms with Crippen molar-refractivity contribution < 1.29 is 9.59 Å². The molecule has 118 valence electrons. The number of amides is 2. The van der Waals surface area contributed by atoms with E-state index in [-0.39, 0.29) is 35.5 Å². The molecule has 3 nitrogen and oxygen atoms in total. The number of hydrogen-bond acceptors (Lipinski definition) is 2. The van der Waals surface area contributed by atoms with Crippen LogP contribution in [0.15, 0.2) is 41.5 Å². The summed E-state index contributed by atoms with van der Waals surface area (Å²) in [6, 6.07) is 5.81. The van der Waals surface area contributed by atoms with Crippen LogP contribution in [0.2, 0.25) is 0 Å². The van der Waals surface area contributed by atoms with Gasteiger partial charge in [-0.3, -0.25) is 9.59 Å². The van der Waals surface area contributed by atoms with Gasteiger partial charge in [0.1, 0.15) is 0 Å². The smallest absolute Gasteiger partial charge is 0.238 e. The van der Waals surface area contributed by atoms with Crippen LogP contribution >= 0.6 is 0 Å². The van der Waals surface area contributed by atoms with Crippen LogP contribution in [0, 0.1) is 37.5 Å². The fourth-order valence-electron chi connectivity index (χ4n) is 4.65. The molecule has 0 aromatic heterocycles. The molecule has 4 rings (SSSR count). The zero-order valence-electron chi connectivity index (χ0n) is 14.0. The van der Waals surface area contributed by atoms with E-state index in [2.05, 4.69) is 26.0 Å². The predicted octanol–water partition coefficient (Wildman–Crippen LogP) is 3.56. The molecule has 3 heteroatoms. The number of fused-ring (bicyclic) bond motifs is 5. The lowest BCUT2D eigenvalue weighted by molar-refractivity contribution is -0.122. The third-order valence-corrected chi connectivity index (χ3v) is 5.81. The monoisotopic (exact) mass is 307 g/mol. The maximum atomic E-state index is 13.1. The number of hydrogen-bond donors (Lipinski definition) is 0. The van der Waals surface area contributed by atoms with E-state index in [1.54, 1.807) is 0 Å². The van der Waals surface area contributed by atoms with Gasteiger partial charge in [-0.15, -0.1) is 0 Å². The first-order valence-electron chi connectivity index (χ1n) is 8.23.